The van der Waals surface area contributed by atoms with Gasteiger partial charge in [-0.1, -0.05) is 28.8 Å². The van der Waals surface area contributed by atoms with E-state index in [9.17, 15) is 0 Å². The molecule has 0 aromatic heterocycles. The van der Waals surface area contributed by atoms with Crippen molar-refractivity contribution in [1.82, 2.24) is 0 Å². The van der Waals surface area contributed by atoms with Gasteiger partial charge in [-0.3, -0.25) is 0 Å². The van der Waals surface area contributed by atoms with Gasteiger partial charge < -0.3 is 9.64 Å². The minimum atomic E-state index is 0.567. The second-order valence-corrected chi connectivity index (χ2v) is 3.80. The number of rotatable bonds is 2. The summed E-state index contributed by atoms with van der Waals surface area (Å²) in [6, 6.07) is 5.33. The van der Waals surface area contributed by atoms with Crippen molar-refractivity contribution in [1.29, 1.82) is 0 Å². The molecule has 6 heteroatoms. The van der Waals surface area contributed by atoms with Crippen LogP contribution in [0.15, 0.2) is 23.3 Å². The van der Waals surface area contributed by atoms with Crippen molar-refractivity contribution in [3.05, 3.63) is 33.7 Å². The first-order chi connectivity index (χ1) is 7.83. The first-order valence-corrected chi connectivity index (χ1v) is 5.37. The van der Waals surface area contributed by atoms with E-state index in [4.69, 9.17) is 21.9 Å². The molecule has 0 amide bonds. The second kappa shape index (κ2) is 5.07. The topological polar surface area (TPSA) is 61.2 Å². The number of nitrogens with zero attached hydrogens (tertiary/aromatic N) is 4. The predicted octanol–water partition coefficient (Wildman–Crippen LogP) is 3.12. The molecule has 84 valence electrons. The molecule has 0 saturated carbocycles. The molecule has 0 atom stereocenters. The number of azide groups is 1. The molecular weight excluding hydrogens is 228 g/mol. The Hall–Kier alpha value is -1.42. The molecule has 1 aliphatic heterocycles. The Kier molecular flexibility index (Phi) is 3.51. The summed E-state index contributed by atoms with van der Waals surface area (Å²) in [5.41, 5.74) is 9.87. The van der Waals surface area contributed by atoms with Crippen molar-refractivity contribution >= 4 is 23.0 Å². The summed E-state index contributed by atoms with van der Waals surface area (Å²) >= 11 is 6.13. The average molecular weight is 239 g/mol. The van der Waals surface area contributed by atoms with E-state index in [0.29, 0.717) is 23.9 Å². The van der Waals surface area contributed by atoms with Crippen molar-refractivity contribution in [2.75, 3.05) is 31.2 Å². The Bertz CT molecular complexity index is 425. The SMILES string of the molecule is [N-]=[N+]=Nc1cccc(Cl)c1N1CCOCC1. The van der Waals surface area contributed by atoms with E-state index in [1.165, 1.54) is 0 Å². The number of halogens is 1. The van der Waals surface area contributed by atoms with Crippen LogP contribution in [0.4, 0.5) is 11.4 Å². The summed E-state index contributed by atoms with van der Waals surface area (Å²) in [7, 11) is 0. The van der Waals surface area contributed by atoms with Crippen LogP contribution < -0.4 is 4.90 Å². The largest absolute Gasteiger partial charge is 0.378 e. The van der Waals surface area contributed by atoms with E-state index in [2.05, 4.69) is 14.9 Å². The van der Waals surface area contributed by atoms with Gasteiger partial charge in [0, 0.05) is 18.0 Å². The molecule has 0 bridgehead atoms. The number of anilines is 1. The normalized spacial score (nSPS) is 15.7. The summed E-state index contributed by atoms with van der Waals surface area (Å²) in [6.07, 6.45) is 0. The molecule has 16 heavy (non-hydrogen) atoms. The van der Waals surface area contributed by atoms with Crippen LogP contribution in [0.5, 0.6) is 0 Å². The Labute approximate surface area is 98.2 Å². The lowest BCUT2D eigenvalue weighted by molar-refractivity contribution is 0.123. The van der Waals surface area contributed by atoms with Crippen LogP contribution in [0.2, 0.25) is 5.02 Å². The molecule has 1 heterocycles. The van der Waals surface area contributed by atoms with Crippen LogP contribution in [0.1, 0.15) is 0 Å². The van der Waals surface area contributed by atoms with E-state index in [1.54, 1.807) is 18.2 Å². The first-order valence-electron chi connectivity index (χ1n) is 4.99. The van der Waals surface area contributed by atoms with Crippen LogP contribution >= 0.6 is 11.6 Å². The maximum absolute atomic E-state index is 8.51. The molecule has 0 unspecified atom stereocenters. The molecule has 1 fully saturated rings. The number of benzene rings is 1. The van der Waals surface area contributed by atoms with Gasteiger partial charge in [-0.05, 0) is 11.6 Å². The van der Waals surface area contributed by atoms with Crippen LogP contribution in [0, 0.1) is 0 Å². The van der Waals surface area contributed by atoms with E-state index < -0.39 is 0 Å². The standard InChI is InChI=1S/C10H11ClN4O/c11-8-2-1-3-9(13-14-12)10(8)15-4-6-16-7-5-15/h1-3H,4-7H2. The van der Waals surface area contributed by atoms with Gasteiger partial charge in [0.1, 0.15) is 0 Å². The van der Waals surface area contributed by atoms with E-state index >= 15 is 0 Å². The zero-order valence-electron chi connectivity index (χ0n) is 8.64. The van der Waals surface area contributed by atoms with E-state index in [1.807, 2.05) is 0 Å². The predicted molar refractivity (Wildman–Crippen MR) is 63.3 cm³/mol. The fraction of sp³-hybridized carbons (Fsp3) is 0.400. The maximum Gasteiger partial charge on any atom is 0.0653 e. The molecule has 1 aromatic rings. The fourth-order valence-electron chi connectivity index (χ4n) is 1.73. The number of ether oxygens (including phenoxy) is 1. The zero-order chi connectivity index (χ0) is 11.4. The van der Waals surface area contributed by atoms with Gasteiger partial charge >= 0.3 is 0 Å². The molecule has 0 aliphatic carbocycles. The molecule has 0 radical (unpaired) electrons. The third kappa shape index (κ3) is 2.22. The molecule has 5 nitrogen and oxygen atoms in total. The van der Waals surface area contributed by atoms with E-state index in [-0.39, 0.29) is 0 Å². The lowest BCUT2D eigenvalue weighted by Gasteiger charge is -2.30. The Morgan fingerprint density at radius 3 is 2.81 bits per heavy atom. The third-order valence-corrected chi connectivity index (χ3v) is 2.75. The third-order valence-electron chi connectivity index (χ3n) is 2.45. The van der Waals surface area contributed by atoms with Crippen LogP contribution in [0.3, 0.4) is 0 Å². The van der Waals surface area contributed by atoms with Crippen molar-refractivity contribution in [3.8, 4) is 0 Å². The number of hydrogen-bond acceptors (Lipinski definition) is 3. The summed E-state index contributed by atoms with van der Waals surface area (Å²) < 4.78 is 5.27. The molecule has 2 rings (SSSR count). The molecule has 1 aliphatic rings. The smallest absolute Gasteiger partial charge is 0.0653 e. The highest BCUT2D eigenvalue weighted by atomic mass is 35.5. The van der Waals surface area contributed by atoms with Gasteiger partial charge in [0.2, 0.25) is 0 Å². The van der Waals surface area contributed by atoms with Gasteiger partial charge in [0.15, 0.2) is 0 Å². The zero-order valence-corrected chi connectivity index (χ0v) is 9.39. The lowest BCUT2D eigenvalue weighted by Crippen LogP contribution is -2.36. The Balaban J connectivity index is 2.39. The quantitative estimate of drug-likeness (QED) is 0.451. The van der Waals surface area contributed by atoms with Gasteiger partial charge in [0.05, 0.1) is 29.6 Å². The number of morpholine rings is 1. The van der Waals surface area contributed by atoms with Crippen molar-refractivity contribution in [2.24, 2.45) is 5.11 Å². The summed E-state index contributed by atoms with van der Waals surface area (Å²) in [6.45, 7) is 2.86. The van der Waals surface area contributed by atoms with Crippen LogP contribution in [-0.2, 0) is 4.74 Å². The Morgan fingerprint density at radius 2 is 2.12 bits per heavy atom. The van der Waals surface area contributed by atoms with Crippen LogP contribution in [-0.4, -0.2) is 26.3 Å². The number of para-hydroxylation sites is 1. The summed E-state index contributed by atoms with van der Waals surface area (Å²) in [5.74, 6) is 0. The molecule has 1 aromatic carbocycles. The highest BCUT2D eigenvalue weighted by Crippen LogP contribution is 2.36. The summed E-state index contributed by atoms with van der Waals surface area (Å²) in [4.78, 5) is 4.89. The minimum Gasteiger partial charge on any atom is -0.378 e. The van der Waals surface area contributed by atoms with E-state index in [0.717, 1.165) is 18.8 Å². The maximum atomic E-state index is 8.51. The molecule has 0 N–H and O–H groups in total. The average Bonchev–Trinajstić information content (AvgIpc) is 2.31. The van der Waals surface area contributed by atoms with Gasteiger partial charge in [0.25, 0.3) is 0 Å². The van der Waals surface area contributed by atoms with Crippen LogP contribution in [0.25, 0.3) is 10.4 Å². The minimum absolute atomic E-state index is 0.567. The second-order valence-electron chi connectivity index (χ2n) is 3.40. The molecular formula is C10H11ClN4O. The molecule has 0 spiro atoms. The highest BCUT2D eigenvalue weighted by Gasteiger charge is 2.16. The number of hydrogen-bond donors (Lipinski definition) is 0. The van der Waals surface area contributed by atoms with Crippen molar-refractivity contribution < 1.29 is 4.74 Å². The van der Waals surface area contributed by atoms with Crippen molar-refractivity contribution in [2.45, 2.75) is 0 Å². The van der Waals surface area contributed by atoms with Crippen molar-refractivity contribution in [3.63, 3.8) is 0 Å². The fourth-order valence-corrected chi connectivity index (χ4v) is 2.02. The highest BCUT2D eigenvalue weighted by molar-refractivity contribution is 6.33. The molecule has 1 saturated heterocycles. The Morgan fingerprint density at radius 1 is 1.38 bits per heavy atom. The van der Waals surface area contributed by atoms with Gasteiger partial charge in [-0.2, -0.15) is 0 Å². The summed E-state index contributed by atoms with van der Waals surface area (Å²) in [5, 5.41) is 4.26. The monoisotopic (exact) mass is 238 g/mol. The van der Waals surface area contributed by atoms with Gasteiger partial charge in [-0.25, -0.2) is 0 Å². The first kappa shape index (κ1) is 11.1. The lowest BCUT2D eigenvalue weighted by atomic mass is 10.2. The van der Waals surface area contributed by atoms with Gasteiger partial charge in [-0.15, -0.1) is 0 Å².